The van der Waals surface area contributed by atoms with E-state index in [1.165, 1.54) is 6.33 Å². The first kappa shape index (κ1) is 5.41. The fourth-order valence-corrected chi connectivity index (χ4v) is 0.910. The van der Waals surface area contributed by atoms with Gasteiger partial charge in [-0.2, -0.15) is 4.39 Å². The van der Waals surface area contributed by atoms with Crippen molar-refractivity contribution in [1.82, 2.24) is 9.38 Å². The molecule has 0 bridgehead atoms. The number of aromatic nitrogens is 2. The molecule has 0 radical (unpaired) electrons. The molecule has 0 aliphatic heterocycles. The van der Waals surface area contributed by atoms with Crippen LogP contribution in [0, 0.1) is 5.95 Å². The van der Waals surface area contributed by atoms with E-state index in [0.717, 1.165) is 0 Å². The number of hydrogen-bond donors (Lipinski definition) is 0. The molecule has 0 aromatic carbocycles. The molecule has 0 aliphatic carbocycles. The topological polar surface area (TPSA) is 17.3 Å². The van der Waals surface area contributed by atoms with Crippen LogP contribution in [0.3, 0.4) is 0 Å². The number of fused-ring (bicyclic) bond motifs is 1. The van der Waals surface area contributed by atoms with Gasteiger partial charge < -0.3 is 4.40 Å². The molecule has 2 nitrogen and oxygen atoms in total. The lowest BCUT2D eigenvalue weighted by Gasteiger charge is -1.87. The van der Waals surface area contributed by atoms with E-state index in [9.17, 15) is 4.39 Å². The lowest BCUT2D eigenvalue weighted by molar-refractivity contribution is 0.601. The molecule has 3 heteroatoms. The van der Waals surface area contributed by atoms with Crippen LogP contribution >= 0.6 is 0 Å². The summed E-state index contributed by atoms with van der Waals surface area (Å²) in [5.74, 6) is -0.416. The number of imidazole rings is 1. The maximum atomic E-state index is 12.6. The molecule has 2 rings (SSSR count). The number of halogens is 1. The normalized spacial score (nSPS) is 10.5. The van der Waals surface area contributed by atoms with E-state index in [4.69, 9.17) is 0 Å². The van der Waals surface area contributed by atoms with Gasteiger partial charge in [0.05, 0.1) is 0 Å². The molecule has 0 fully saturated rings. The van der Waals surface area contributed by atoms with E-state index in [2.05, 4.69) is 4.98 Å². The van der Waals surface area contributed by atoms with Crippen LogP contribution in [0.1, 0.15) is 0 Å². The molecule has 0 aliphatic rings. The van der Waals surface area contributed by atoms with Gasteiger partial charge in [-0.1, -0.05) is 6.07 Å². The van der Waals surface area contributed by atoms with E-state index in [1.54, 1.807) is 22.7 Å². The zero-order valence-corrected chi connectivity index (χ0v) is 5.16. The molecule has 2 aromatic rings. The van der Waals surface area contributed by atoms with Crippen molar-refractivity contribution < 1.29 is 4.39 Å². The zero-order chi connectivity index (χ0) is 6.97. The fraction of sp³-hybridized carbons (Fsp3) is 0. The average Bonchev–Trinajstić information content (AvgIpc) is 2.34. The Labute approximate surface area is 56.9 Å². The molecular formula is C7H5FN2. The number of rotatable bonds is 0. The molecule has 0 spiro atoms. The van der Waals surface area contributed by atoms with E-state index in [-0.39, 0.29) is 0 Å². The standard InChI is InChI=1S/C7H5FN2/c8-7-6-3-1-2-4-10(6)5-9-7/h1-5H. The van der Waals surface area contributed by atoms with Gasteiger partial charge in [0.2, 0.25) is 5.95 Å². The molecule has 50 valence electrons. The minimum atomic E-state index is -0.416. The van der Waals surface area contributed by atoms with Gasteiger partial charge in [-0.3, -0.25) is 0 Å². The highest BCUT2D eigenvalue weighted by atomic mass is 19.1. The molecule has 0 atom stereocenters. The van der Waals surface area contributed by atoms with Gasteiger partial charge in [-0.05, 0) is 12.1 Å². The lowest BCUT2D eigenvalue weighted by atomic mass is 10.4. The smallest absolute Gasteiger partial charge is 0.238 e. The quantitative estimate of drug-likeness (QED) is 0.536. The van der Waals surface area contributed by atoms with Gasteiger partial charge in [0.1, 0.15) is 11.8 Å². The van der Waals surface area contributed by atoms with Crippen LogP contribution in [0.5, 0.6) is 0 Å². The van der Waals surface area contributed by atoms with Crippen LogP contribution in [0.25, 0.3) is 5.52 Å². The molecule has 2 aromatic heterocycles. The largest absolute Gasteiger partial charge is 0.304 e. The molecular weight excluding hydrogens is 131 g/mol. The van der Waals surface area contributed by atoms with E-state index < -0.39 is 5.95 Å². The van der Waals surface area contributed by atoms with Crippen molar-refractivity contribution in [1.29, 1.82) is 0 Å². The number of nitrogens with zero attached hydrogens (tertiary/aromatic N) is 2. The summed E-state index contributed by atoms with van der Waals surface area (Å²) >= 11 is 0. The second kappa shape index (κ2) is 1.80. The predicted molar refractivity (Wildman–Crippen MR) is 35.2 cm³/mol. The third-order valence-corrected chi connectivity index (χ3v) is 1.40. The van der Waals surface area contributed by atoms with Gasteiger partial charge in [-0.15, -0.1) is 0 Å². The molecule has 0 saturated heterocycles. The van der Waals surface area contributed by atoms with Crippen LogP contribution in [-0.4, -0.2) is 9.38 Å². The zero-order valence-electron chi connectivity index (χ0n) is 5.16. The van der Waals surface area contributed by atoms with E-state index >= 15 is 0 Å². The number of hydrogen-bond acceptors (Lipinski definition) is 1. The van der Waals surface area contributed by atoms with Gasteiger partial charge >= 0.3 is 0 Å². The van der Waals surface area contributed by atoms with Crippen molar-refractivity contribution in [3.63, 3.8) is 0 Å². The van der Waals surface area contributed by atoms with Gasteiger partial charge in [0, 0.05) is 6.20 Å². The van der Waals surface area contributed by atoms with Crippen LogP contribution in [-0.2, 0) is 0 Å². The van der Waals surface area contributed by atoms with Crippen molar-refractivity contribution in [3.8, 4) is 0 Å². The number of pyridine rings is 1. The van der Waals surface area contributed by atoms with Crippen molar-refractivity contribution in [2.75, 3.05) is 0 Å². The minimum absolute atomic E-state index is 0.416. The average molecular weight is 136 g/mol. The third kappa shape index (κ3) is 0.603. The Morgan fingerprint density at radius 1 is 1.40 bits per heavy atom. The SMILES string of the molecule is Fc1ncn2ccccc12. The second-order valence-corrected chi connectivity index (χ2v) is 2.03. The summed E-state index contributed by atoms with van der Waals surface area (Å²) in [6, 6.07) is 5.29. The Balaban J connectivity index is 2.93. The van der Waals surface area contributed by atoms with E-state index in [0.29, 0.717) is 5.52 Å². The monoisotopic (exact) mass is 136 g/mol. The Morgan fingerprint density at radius 2 is 2.30 bits per heavy atom. The Bertz CT molecular complexity index is 353. The van der Waals surface area contributed by atoms with Crippen molar-refractivity contribution in [2.24, 2.45) is 0 Å². The summed E-state index contributed by atoms with van der Waals surface area (Å²) in [6.07, 6.45) is 3.20. The summed E-state index contributed by atoms with van der Waals surface area (Å²) in [5.41, 5.74) is 0.516. The van der Waals surface area contributed by atoms with Crippen LogP contribution in [0.4, 0.5) is 4.39 Å². The highest BCUT2D eigenvalue weighted by Crippen LogP contribution is 2.05. The Morgan fingerprint density at radius 3 is 3.10 bits per heavy atom. The van der Waals surface area contributed by atoms with Gasteiger partial charge in [0.25, 0.3) is 0 Å². The maximum Gasteiger partial charge on any atom is 0.238 e. The molecule has 10 heavy (non-hydrogen) atoms. The highest BCUT2D eigenvalue weighted by Gasteiger charge is 1.98. The van der Waals surface area contributed by atoms with Crippen LogP contribution < -0.4 is 0 Å². The van der Waals surface area contributed by atoms with Crippen molar-refractivity contribution in [3.05, 3.63) is 36.7 Å². The summed E-state index contributed by atoms with van der Waals surface area (Å²) in [7, 11) is 0. The van der Waals surface area contributed by atoms with Gasteiger partial charge in [0.15, 0.2) is 0 Å². The fourth-order valence-electron chi connectivity index (χ4n) is 0.910. The summed E-state index contributed by atoms with van der Waals surface area (Å²) in [4.78, 5) is 3.49. The molecule has 0 amide bonds. The van der Waals surface area contributed by atoms with Gasteiger partial charge in [-0.25, -0.2) is 4.98 Å². The molecule has 0 unspecified atom stereocenters. The summed E-state index contributed by atoms with van der Waals surface area (Å²) in [6.45, 7) is 0. The minimum Gasteiger partial charge on any atom is -0.304 e. The van der Waals surface area contributed by atoms with Crippen LogP contribution in [0.2, 0.25) is 0 Å². The molecule has 0 saturated carbocycles. The van der Waals surface area contributed by atoms with E-state index in [1.807, 2.05) is 6.07 Å². The van der Waals surface area contributed by atoms with Crippen molar-refractivity contribution in [2.45, 2.75) is 0 Å². The summed E-state index contributed by atoms with van der Waals surface area (Å²) in [5, 5.41) is 0. The second-order valence-electron chi connectivity index (χ2n) is 2.03. The van der Waals surface area contributed by atoms with Crippen LogP contribution in [0.15, 0.2) is 30.7 Å². The lowest BCUT2D eigenvalue weighted by Crippen LogP contribution is -1.78. The molecule has 0 N–H and O–H groups in total. The first-order valence-corrected chi connectivity index (χ1v) is 2.95. The predicted octanol–water partition coefficient (Wildman–Crippen LogP) is 1.47. The first-order chi connectivity index (χ1) is 4.88. The Hall–Kier alpha value is -1.38. The Kier molecular flexibility index (Phi) is 0.974. The third-order valence-electron chi connectivity index (χ3n) is 1.40. The highest BCUT2D eigenvalue weighted by molar-refractivity contribution is 5.45. The van der Waals surface area contributed by atoms with Crippen molar-refractivity contribution >= 4 is 5.52 Å². The summed E-state index contributed by atoms with van der Waals surface area (Å²) < 4.78 is 14.2. The maximum absolute atomic E-state index is 12.6. The molecule has 2 heterocycles. The first-order valence-electron chi connectivity index (χ1n) is 2.95.